The lowest BCUT2D eigenvalue weighted by Gasteiger charge is -2.09. The van der Waals surface area contributed by atoms with Gasteiger partial charge in [-0.05, 0) is 31.5 Å². The first-order valence-corrected chi connectivity index (χ1v) is 5.67. The molecule has 0 aliphatic rings. The fraction of sp³-hybridized carbons (Fsp3) is 0.214. The van der Waals surface area contributed by atoms with E-state index in [0.717, 1.165) is 0 Å². The molecule has 5 nitrogen and oxygen atoms in total. The Morgan fingerprint density at radius 3 is 2.47 bits per heavy atom. The largest absolute Gasteiger partial charge is 0.426 e. The van der Waals surface area contributed by atoms with Crippen molar-refractivity contribution in [3.63, 3.8) is 0 Å². The minimum atomic E-state index is -0.549. The molecule has 0 N–H and O–H groups in total. The Morgan fingerprint density at radius 2 is 1.89 bits per heavy atom. The molecule has 0 spiro atoms. The quantitative estimate of drug-likeness (QED) is 0.358. The molecule has 0 saturated heterocycles. The fourth-order valence-corrected chi connectivity index (χ4v) is 1.94. The van der Waals surface area contributed by atoms with Crippen LogP contribution in [0.3, 0.4) is 0 Å². The molecule has 1 aromatic carbocycles. The van der Waals surface area contributed by atoms with E-state index in [-0.39, 0.29) is 22.7 Å². The van der Waals surface area contributed by atoms with Gasteiger partial charge < -0.3 is 9.15 Å². The van der Waals surface area contributed by atoms with E-state index in [2.05, 4.69) is 0 Å². The summed E-state index contributed by atoms with van der Waals surface area (Å²) >= 11 is 0. The highest BCUT2D eigenvalue weighted by Gasteiger charge is 2.18. The van der Waals surface area contributed by atoms with Gasteiger partial charge in [0.15, 0.2) is 11.4 Å². The summed E-state index contributed by atoms with van der Waals surface area (Å²) in [7, 11) is 0. The highest BCUT2D eigenvalue weighted by atomic mass is 16.5. The Kier molecular flexibility index (Phi) is 3.21. The van der Waals surface area contributed by atoms with Crippen molar-refractivity contribution in [2.24, 2.45) is 0 Å². The number of fused-ring (bicyclic) bond motifs is 1. The van der Waals surface area contributed by atoms with Gasteiger partial charge in [-0.25, -0.2) is 4.79 Å². The number of aryl methyl sites for hydroxylation is 1. The molecule has 0 fully saturated rings. The van der Waals surface area contributed by atoms with Crippen LogP contribution >= 0.6 is 0 Å². The Bertz CT molecular complexity index is 739. The maximum atomic E-state index is 11.7. The zero-order valence-electron chi connectivity index (χ0n) is 10.8. The van der Waals surface area contributed by atoms with Gasteiger partial charge in [0.05, 0.1) is 0 Å². The standard InChI is InChI=1S/C14H12O5/c1-7-6-12(17)19-14-10(7)4-5-11(18-9(3)16)13(14)8(2)15/h4-6H,1-3H3. The lowest BCUT2D eigenvalue weighted by atomic mass is 10.0. The molecular formula is C14H12O5. The summed E-state index contributed by atoms with van der Waals surface area (Å²) < 4.78 is 10.1. The van der Waals surface area contributed by atoms with Crippen LogP contribution in [0, 0.1) is 6.92 Å². The van der Waals surface area contributed by atoms with Crippen LogP contribution < -0.4 is 10.4 Å². The summed E-state index contributed by atoms with van der Waals surface area (Å²) in [6, 6.07) is 4.52. The van der Waals surface area contributed by atoms with E-state index in [0.29, 0.717) is 10.9 Å². The Hall–Kier alpha value is -2.43. The zero-order chi connectivity index (χ0) is 14.2. The molecule has 0 radical (unpaired) electrons. The monoisotopic (exact) mass is 260 g/mol. The first kappa shape index (κ1) is 13.0. The lowest BCUT2D eigenvalue weighted by molar-refractivity contribution is -0.131. The maximum absolute atomic E-state index is 11.7. The predicted molar refractivity (Wildman–Crippen MR) is 68.5 cm³/mol. The van der Waals surface area contributed by atoms with Crippen LogP contribution in [0.5, 0.6) is 5.75 Å². The van der Waals surface area contributed by atoms with Crippen LogP contribution in [0.4, 0.5) is 0 Å². The third kappa shape index (κ3) is 2.40. The van der Waals surface area contributed by atoms with E-state index in [4.69, 9.17) is 9.15 Å². The van der Waals surface area contributed by atoms with Gasteiger partial charge in [0.25, 0.3) is 0 Å². The second-order valence-corrected chi connectivity index (χ2v) is 4.21. The molecule has 2 aromatic rings. The number of benzene rings is 1. The van der Waals surface area contributed by atoms with Crippen molar-refractivity contribution in [3.8, 4) is 5.75 Å². The van der Waals surface area contributed by atoms with Gasteiger partial charge in [-0.1, -0.05) is 0 Å². The summed E-state index contributed by atoms with van der Waals surface area (Å²) in [5.41, 5.74) is 0.403. The molecule has 0 bridgehead atoms. The minimum Gasteiger partial charge on any atom is -0.426 e. The van der Waals surface area contributed by atoms with Crippen LogP contribution in [0.2, 0.25) is 0 Å². The summed E-state index contributed by atoms with van der Waals surface area (Å²) in [6.45, 7) is 4.30. The maximum Gasteiger partial charge on any atom is 0.336 e. The van der Waals surface area contributed by atoms with Crippen molar-refractivity contribution in [3.05, 3.63) is 39.7 Å². The number of rotatable bonds is 2. The van der Waals surface area contributed by atoms with Gasteiger partial charge >= 0.3 is 11.6 Å². The second kappa shape index (κ2) is 4.68. The summed E-state index contributed by atoms with van der Waals surface area (Å²) in [5.74, 6) is -0.784. The number of Topliss-reactive ketones (excluding diaryl/α,β-unsaturated/α-hetero) is 1. The summed E-state index contributed by atoms with van der Waals surface area (Å²) in [5, 5.41) is 0.640. The van der Waals surface area contributed by atoms with E-state index >= 15 is 0 Å². The topological polar surface area (TPSA) is 73.6 Å². The van der Waals surface area contributed by atoms with Crippen LogP contribution in [0.1, 0.15) is 29.8 Å². The van der Waals surface area contributed by atoms with E-state index in [1.165, 1.54) is 26.0 Å². The molecule has 0 unspecified atom stereocenters. The second-order valence-electron chi connectivity index (χ2n) is 4.21. The Labute approximate surface area is 108 Å². The van der Waals surface area contributed by atoms with Crippen molar-refractivity contribution < 1.29 is 18.7 Å². The van der Waals surface area contributed by atoms with E-state index in [1.54, 1.807) is 13.0 Å². The lowest BCUT2D eigenvalue weighted by Crippen LogP contribution is -2.08. The normalized spacial score (nSPS) is 10.5. The van der Waals surface area contributed by atoms with E-state index < -0.39 is 11.6 Å². The molecule has 0 saturated carbocycles. The fourth-order valence-electron chi connectivity index (χ4n) is 1.94. The number of carbonyl (C=O) groups is 2. The Morgan fingerprint density at radius 1 is 1.21 bits per heavy atom. The summed E-state index contributed by atoms with van der Waals surface area (Å²) in [4.78, 5) is 34.2. The molecule has 98 valence electrons. The van der Waals surface area contributed by atoms with Crippen molar-refractivity contribution in [1.82, 2.24) is 0 Å². The molecule has 5 heteroatoms. The highest BCUT2D eigenvalue weighted by molar-refractivity contribution is 6.08. The van der Waals surface area contributed by atoms with E-state index in [1.807, 2.05) is 0 Å². The van der Waals surface area contributed by atoms with Gasteiger partial charge in [-0.15, -0.1) is 0 Å². The van der Waals surface area contributed by atoms with Crippen LogP contribution in [0.25, 0.3) is 11.0 Å². The summed E-state index contributed by atoms with van der Waals surface area (Å²) in [6.07, 6.45) is 0. The highest BCUT2D eigenvalue weighted by Crippen LogP contribution is 2.29. The average molecular weight is 260 g/mol. The van der Waals surface area contributed by atoms with Gasteiger partial charge in [-0.2, -0.15) is 0 Å². The molecule has 1 heterocycles. The van der Waals surface area contributed by atoms with E-state index in [9.17, 15) is 14.4 Å². The molecular weight excluding hydrogens is 248 g/mol. The third-order valence-corrected chi connectivity index (χ3v) is 2.69. The average Bonchev–Trinajstić information content (AvgIpc) is 2.26. The number of hydrogen-bond acceptors (Lipinski definition) is 5. The number of ether oxygens (including phenoxy) is 1. The minimum absolute atomic E-state index is 0.0984. The van der Waals surface area contributed by atoms with Crippen molar-refractivity contribution in [2.75, 3.05) is 0 Å². The van der Waals surface area contributed by atoms with Crippen molar-refractivity contribution in [2.45, 2.75) is 20.8 Å². The molecule has 0 aliphatic carbocycles. The predicted octanol–water partition coefficient (Wildman–Crippen LogP) is 2.23. The van der Waals surface area contributed by atoms with Crippen molar-refractivity contribution >= 4 is 22.7 Å². The number of hydrogen-bond donors (Lipinski definition) is 0. The van der Waals surface area contributed by atoms with Gasteiger partial charge in [-0.3, -0.25) is 9.59 Å². The van der Waals surface area contributed by atoms with Gasteiger partial charge in [0.1, 0.15) is 11.3 Å². The number of carbonyl (C=O) groups excluding carboxylic acids is 2. The van der Waals surface area contributed by atoms with Gasteiger partial charge in [0.2, 0.25) is 0 Å². The first-order valence-electron chi connectivity index (χ1n) is 5.67. The SMILES string of the molecule is CC(=O)Oc1ccc2c(C)cc(=O)oc2c1C(C)=O. The number of esters is 1. The molecule has 19 heavy (non-hydrogen) atoms. The van der Waals surface area contributed by atoms with Crippen LogP contribution in [0.15, 0.2) is 27.4 Å². The molecule has 2 rings (SSSR count). The molecule has 0 amide bonds. The molecule has 0 atom stereocenters. The Balaban J connectivity index is 2.87. The number of ketones is 1. The van der Waals surface area contributed by atoms with Crippen molar-refractivity contribution in [1.29, 1.82) is 0 Å². The van der Waals surface area contributed by atoms with Gasteiger partial charge in [0, 0.05) is 18.4 Å². The van der Waals surface area contributed by atoms with Crippen LogP contribution in [-0.4, -0.2) is 11.8 Å². The molecule has 0 aliphatic heterocycles. The molecule has 1 aromatic heterocycles. The first-order chi connectivity index (χ1) is 8.90. The smallest absolute Gasteiger partial charge is 0.336 e. The van der Waals surface area contributed by atoms with Crippen LogP contribution in [-0.2, 0) is 4.79 Å². The zero-order valence-corrected chi connectivity index (χ0v) is 10.8. The third-order valence-electron chi connectivity index (χ3n) is 2.69.